The van der Waals surface area contributed by atoms with Crippen molar-refractivity contribution in [2.45, 2.75) is 6.92 Å². The largest absolute Gasteiger partial charge is 0.366 e. The number of nitrogens with two attached hydrogens (primary N) is 1. The van der Waals surface area contributed by atoms with Gasteiger partial charge in [-0.05, 0) is 19.7 Å². The zero-order valence-corrected chi connectivity index (χ0v) is 6.50. The van der Waals surface area contributed by atoms with Crippen LogP contribution in [0.1, 0.15) is 6.92 Å². The van der Waals surface area contributed by atoms with Crippen LogP contribution in [0.15, 0.2) is 12.2 Å². The summed E-state index contributed by atoms with van der Waals surface area (Å²) in [5, 5.41) is 0. The molecule has 0 atom stereocenters. The number of carbonyl (C=O) groups is 1. The van der Waals surface area contributed by atoms with E-state index in [0.717, 1.165) is 13.1 Å². The van der Waals surface area contributed by atoms with Gasteiger partial charge in [0, 0.05) is 6.54 Å². The topological polar surface area (TPSA) is 46.3 Å². The van der Waals surface area contributed by atoms with E-state index >= 15 is 0 Å². The van der Waals surface area contributed by atoms with Gasteiger partial charge in [0.25, 0.3) is 0 Å². The molecule has 58 valence electrons. The Morgan fingerprint density at radius 3 is 2.70 bits per heavy atom. The first-order valence-electron chi connectivity index (χ1n) is 3.31. The molecule has 0 rings (SSSR count). The van der Waals surface area contributed by atoms with Crippen LogP contribution in [0, 0.1) is 0 Å². The van der Waals surface area contributed by atoms with Crippen LogP contribution in [0.4, 0.5) is 0 Å². The van der Waals surface area contributed by atoms with Gasteiger partial charge in [-0.2, -0.15) is 0 Å². The van der Waals surface area contributed by atoms with Crippen LogP contribution in [0.25, 0.3) is 0 Å². The number of amides is 1. The van der Waals surface area contributed by atoms with Crippen molar-refractivity contribution < 1.29 is 4.79 Å². The van der Waals surface area contributed by atoms with E-state index in [2.05, 4.69) is 11.8 Å². The highest BCUT2D eigenvalue weighted by atomic mass is 16.1. The number of primary amides is 1. The summed E-state index contributed by atoms with van der Waals surface area (Å²) in [5.41, 5.74) is 4.88. The first-order chi connectivity index (χ1) is 4.66. The van der Waals surface area contributed by atoms with Crippen molar-refractivity contribution in [2.24, 2.45) is 5.73 Å². The summed E-state index contributed by atoms with van der Waals surface area (Å²) in [6.07, 6.45) is 3.14. The number of nitrogens with zero attached hydrogens (tertiary/aromatic N) is 1. The van der Waals surface area contributed by atoms with Gasteiger partial charge in [-0.15, -0.1) is 0 Å². The van der Waals surface area contributed by atoms with Crippen LogP contribution in [0.2, 0.25) is 0 Å². The molecule has 0 radical (unpaired) electrons. The third-order valence-corrected chi connectivity index (χ3v) is 1.24. The van der Waals surface area contributed by atoms with Gasteiger partial charge in [0.05, 0.1) is 0 Å². The Balaban J connectivity index is 3.43. The van der Waals surface area contributed by atoms with Crippen molar-refractivity contribution in [1.29, 1.82) is 0 Å². The molecular formula is C7H14N2O. The summed E-state index contributed by atoms with van der Waals surface area (Å²) >= 11 is 0. The first-order valence-corrected chi connectivity index (χ1v) is 3.31. The van der Waals surface area contributed by atoms with Crippen LogP contribution in [0.3, 0.4) is 0 Å². The maximum atomic E-state index is 10.2. The third kappa shape index (κ3) is 5.31. The molecule has 0 saturated heterocycles. The summed E-state index contributed by atoms with van der Waals surface area (Å²) in [6.45, 7) is 3.81. The molecule has 3 nitrogen and oxygen atoms in total. The number of likely N-dealkylation sites (N-methyl/N-ethyl adjacent to an activating group) is 1. The van der Waals surface area contributed by atoms with Crippen molar-refractivity contribution >= 4 is 5.91 Å². The fourth-order valence-electron chi connectivity index (χ4n) is 0.478. The second-order valence-electron chi connectivity index (χ2n) is 2.16. The Hall–Kier alpha value is -0.830. The number of carbonyl (C=O) groups excluding carboxylic acids is 1. The average molecular weight is 142 g/mol. The standard InChI is InChI=1S/C7H14N2O/c1-3-9(2)6-4-5-7(8)10/h4-5H,3,6H2,1-2H3,(H2,8,10). The van der Waals surface area contributed by atoms with E-state index < -0.39 is 0 Å². The molecule has 0 aliphatic rings. The smallest absolute Gasteiger partial charge is 0.241 e. The van der Waals surface area contributed by atoms with Gasteiger partial charge in [0.2, 0.25) is 5.91 Å². The lowest BCUT2D eigenvalue weighted by Crippen LogP contribution is -2.17. The molecule has 2 N–H and O–H groups in total. The summed E-state index contributed by atoms with van der Waals surface area (Å²) < 4.78 is 0. The second kappa shape index (κ2) is 4.99. The van der Waals surface area contributed by atoms with Gasteiger partial charge in [0.1, 0.15) is 0 Å². The molecule has 0 fully saturated rings. The van der Waals surface area contributed by atoms with Crippen LogP contribution >= 0.6 is 0 Å². The molecule has 0 saturated carbocycles. The number of hydrogen-bond donors (Lipinski definition) is 1. The summed E-state index contributed by atoms with van der Waals surface area (Å²) in [6, 6.07) is 0. The summed E-state index contributed by atoms with van der Waals surface area (Å²) in [7, 11) is 1.98. The van der Waals surface area contributed by atoms with E-state index in [1.807, 2.05) is 7.05 Å². The normalized spacial score (nSPS) is 11.1. The molecule has 3 heteroatoms. The molecule has 0 heterocycles. The van der Waals surface area contributed by atoms with E-state index in [4.69, 9.17) is 5.73 Å². The molecule has 0 spiro atoms. The Kier molecular flexibility index (Phi) is 4.58. The van der Waals surface area contributed by atoms with Gasteiger partial charge in [0.15, 0.2) is 0 Å². The highest BCUT2D eigenvalue weighted by Gasteiger charge is 1.88. The molecule has 0 aromatic rings. The zero-order chi connectivity index (χ0) is 7.98. The highest BCUT2D eigenvalue weighted by molar-refractivity contribution is 5.85. The Labute approximate surface area is 61.5 Å². The zero-order valence-electron chi connectivity index (χ0n) is 6.50. The molecule has 0 aliphatic carbocycles. The Morgan fingerprint density at radius 1 is 1.70 bits per heavy atom. The van der Waals surface area contributed by atoms with Gasteiger partial charge in [-0.25, -0.2) is 0 Å². The van der Waals surface area contributed by atoms with Crippen molar-refractivity contribution in [1.82, 2.24) is 4.90 Å². The lowest BCUT2D eigenvalue weighted by Gasteiger charge is -2.08. The molecule has 1 amide bonds. The van der Waals surface area contributed by atoms with E-state index in [9.17, 15) is 4.79 Å². The maximum absolute atomic E-state index is 10.2. The van der Waals surface area contributed by atoms with Gasteiger partial charge in [-0.3, -0.25) is 4.79 Å². The highest BCUT2D eigenvalue weighted by Crippen LogP contribution is 1.80. The van der Waals surface area contributed by atoms with Crippen molar-refractivity contribution in [2.75, 3.05) is 20.1 Å². The first kappa shape index (κ1) is 9.17. The number of hydrogen-bond acceptors (Lipinski definition) is 2. The van der Waals surface area contributed by atoms with Crippen LogP contribution in [-0.2, 0) is 4.79 Å². The molecule has 0 aromatic carbocycles. The minimum absolute atomic E-state index is 0.385. The minimum Gasteiger partial charge on any atom is -0.366 e. The molecule has 0 aliphatic heterocycles. The molecule has 0 bridgehead atoms. The maximum Gasteiger partial charge on any atom is 0.241 e. The van der Waals surface area contributed by atoms with Gasteiger partial charge < -0.3 is 10.6 Å². The van der Waals surface area contributed by atoms with Crippen molar-refractivity contribution in [3.8, 4) is 0 Å². The summed E-state index contributed by atoms with van der Waals surface area (Å²) in [5.74, 6) is -0.385. The van der Waals surface area contributed by atoms with Crippen LogP contribution in [0.5, 0.6) is 0 Å². The predicted octanol–water partition coefficient (Wildman–Crippen LogP) is -0.0204. The quantitative estimate of drug-likeness (QED) is 0.561. The molecule has 0 aromatic heterocycles. The van der Waals surface area contributed by atoms with Gasteiger partial charge >= 0.3 is 0 Å². The average Bonchev–Trinajstić information content (AvgIpc) is 1.87. The molecule has 10 heavy (non-hydrogen) atoms. The van der Waals surface area contributed by atoms with Crippen molar-refractivity contribution in [3.63, 3.8) is 0 Å². The number of rotatable bonds is 4. The fraction of sp³-hybridized carbons (Fsp3) is 0.571. The van der Waals surface area contributed by atoms with E-state index in [1.165, 1.54) is 6.08 Å². The molecular weight excluding hydrogens is 128 g/mol. The van der Waals surface area contributed by atoms with E-state index in [1.54, 1.807) is 6.08 Å². The Morgan fingerprint density at radius 2 is 2.30 bits per heavy atom. The monoisotopic (exact) mass is 142 g/mol. The van der Waals surface area contributed by atoms with E-state index in [0.29, 0.717) is 0 Å². The lowest BCUT2D eigenvalue weighted by atomic mass is 10.4. The van der Waals surface area contributed by atoms with E-state index in [-0.39, 0.29) is 5.91 Å². The SMILES string of the molecule is CCN(C)CC=CC(N)=O. The van der Waals surface area contributed by atoms with Gasteiger partial charge in [-0.1, -0.05) is 13.0 Å². The molecule has 0 unspecified atom stereocenters. The fourth-order valence-corrected chi connectivity index (χ4v) is 0.478. The van der Waals surface area contributed by atoms with Crippen LogP contribution in [-0.4, -0.2) is 30.9 Å². The van der Waals surface area contributed by atoms with Crippen LogP contribution < -0.4 is 5.73 Å². The minimum atomic E-state index is -0.385. The Bertz CT molecular complexity index is 132. The summed E-state index contributed by atoms with van der Waals surface area (Å²) in [4.78, 5) is 12.3. The third-order valence-electron chi connectivity index (χ3n) is 1.24. The predicted molar refractivity (Wildman–Crippen MR) is 41.5 cm³/mol. The lowest BCUT2D eigenvalue weighted by molar-refractivity contribution is -0.113. The van der Waals surface area contributed by atoms with Crippen molar-refractivity contribution in [3.05, 3.63) is 12.2 Å². The second-order valence-corrected chi connectivity index (χ2v) is 2.16.